The zero-order valence-electron chi connectivity index (χ0n) is 7.92. The highest BCUT2D eigenvalue weighted by molar-refractivity contribution is 9.10. The summed E-state index contributed by atoms with van der Waals surface area (Å²) in [6.45, 7) is 0.724. The highest BCUT2D eigenvalue weighted by Gasteiger charge is 2.03. The van der Waals surface area contributed by atoms with Crippen molar-refractivity contribution in [3.8, 4) is 12.3 Å². The molecule has 0 saturated carbocycles. The maximum atomic E-state index is 11.2. The van der Waals surface area contributed by atoms with E-state index < -0.39 is 0 Å². The molecule has 0 aromatic carbocycles. The number of nitrogens with one attached hydrogen (secondary N) is 2. The maximum Gasteiger partial charge on any atom is 0.267 e. The number of H-pyrrole nitrogens is 1. The van der Waals surface area contributed by atoms with Gasteiger partial charge in [-0.2, -0.15) is 0 Å². The highest BCUT2D eigenvalue weighted by Crippen LogP contribution is 2.12. The van der Waals surface area contributed by atoms with Crippen LogP contribution in [-0.4, -0.2) is 28.0 Å². The van der Waals surface area contributed by atoms with E-state index in [0.29, 0.717) is 16.0 Å². The number of hydrogen-bond donors (Lipinski definition) is 2. The van der Waals surface area contributed by atoms with Crippen LogP contribution < -0.4 is 10.9 Å². The van der Waals surface area contributed by atoms with Crippen molar-refractivity contribution in [3.05, 3.63) is 21.2 Å². The van der Waals surface area contributed by atoms with E-state index in [1.54, 1.807) is 11.8 Å². The molecule has 0 aliphatic heterocycles. The van der Waals surface area contributed by atoms with Crippen molar-refractivity contribution >= 4 is 33.5 Å². The van der Waals surface area contributed by atoms with Crippen molar-refractivity contribution in [3.63, 3.8) is 0 Å². The van der Waals surface area contributed by atoms with E-state index in [2.05, 4.69) is 37.1 Å². The lowest BCUT2D eigenvalue weighted by molar-refractivity contribution is 1.07. The molecule has 15 heavy (non-hydrogen) atoms. The van der Waals surface area contributed by atoms with E-state index in [1.165, 1.54) is 6.33 Å². The summed E-state index contributed by atoms with van der Waals surface area (Å²) in [5, 5.41) is 3.05. The monoisotopic (exact) mass is 287 g/mol. The number of terminal acetylenes is 1. The quantitative estimate of drug-likeness (QED) is 0.633. The third-order valence-corrected chi connectivity index (χ3v) is 3.12. The van der Waals surface area contributed by atoms with Gasteiger partial charge in [0.1, 0.15) is 10.3 Å². The second-order valence-electron chi connectivity index (χ2n) is 2.58. The molecule has 0 aliphatic rings. The molecule has 1 rings (SSSR count). The Morgan fingerprint density at radius 1 is 1.73 bits per heavy atom. The third kappa shape index (κ3) is 3.98. The van der Waals surface area contributed by atoms with Crippen LogP contribution in [0.2, 0.25) is 0 Å². The predicted octanol–water partition coefficient (Wildman–Crippen LogP) is 1.31. The van der Waals surface area contributed by atoms with Crippen LogP contribution in [-0.2, 0) is 0 Å². The van der Waals surface area contributed by atoms with E-state index in [0.717, 1.165) is 12.3 Å². The molecule has 1 aromatic heterocycles. The van der Waals surface area contributed by atoms with Gasteiger partial charge >= 0.3 is 0 Å². The molecule has 0 aliphatic carbocycles. The van der Waals surface area contributed by atoms with Gasteiger partial charge in [-0.25, -0.2) is 4.98 Å². The molecule has 4 nitrogen and oxygen atoms in total. The average molecular weight is 288 g/mol. The summed E-state index contributed by atoms with van der Waals surface area (Å²) in [5.74, 6) is 4.68. The lowest BCUT2D eigenvalue weighted by Gasteiger charge is -2.05. The first-order valence-corrected chi connectivity index (χ1v) is 6.18. The van der Waals surface area contributed by atoms with Crippen molar-refractivity contribution in [1.29, 1.82) is 0 Å². The fourth-order valence-corrected chi connectivity index (χ4v) is 1.74. The Labute approximate surface area is 100 Å². The van der Waals surface area contributed by atoms with E-state index in [9.17, 15) is 4.79 Å². The van der Waals surface area contributed by atoms with Gasteiger partial charge in [-0.05, 0) is 15.9 Å². The normalized spacial score (nSPS) is 9.60. The minimum absolute atomic E-state index is 0.191. The van der Waals surface area contributed by atoms with Crippen molar-refractivity contribution < 1.29 is 0 Å². The van der Waals surface area contributed by atoms with Gasteiger partial charge in [0.25, 0.3) is 5.56 Å². The zero-order valence-corrected chi connectivity index (χ0v) is 10.3. The summed E-state index contributed by atoms with van der Waals surface area (Å²) in [6, 6.07) is 0. The standard InChI is InChI=1S/C9H10BrN3OS/c1-2-4-15-5-3-11-8-7(10)9(14)13-6-12-8/h1,6H,3-5H2,(H2,11,12,13,14). The fraction of sp³-hybridized carbons (Fsp3) is 0.333. The SMILES string of the molecule is C#CCSCCNc1nc[nH]c(=O)c1Br. The molecule has 2 N–H and O–H groups in total. The fourth-order valence-electron chi connectivity index (χ4n) is 0.879. The maximum absolute atomic E-state index is 11.2. The minimum Gasteiger partial charge on any atom is -0.368 e. The first-order chi connectivity index (χ1) is 7.25. The molecular formula is C9H10BrN3OS. The summed E-state index contributed by atoms with van der Waals surface area (Å²) < 4.78 is 0.423. The van der Waals surface area contributed by atoms with Crippen LogP contribution in [0, 0.1) is 12.3 Å². The first-order valence-electron chi connectivity index (χ1n) is 4.24. The number of aromatic nitrogens is 2. The smallest absolute Gasteiger partial charge is 0.267 e. The van der Waals surface area contributed by atoms with Gasteiger partial charge in [-0.1, -0.05) is 5.92 Å². The molecule has 0 saturated heterocycles. The Hall–Kier alpha value is -0.930. The summed E-state index contributed by atoms with van der Waals surface area (Å²) in [5.41, 5.74) is -0.191. The number of nitrogens with zero attached hydrogens (tertiary/aromatic N) is 1. The van der Waals surface area contributed by atoms with Crippen molar-refractivity contribution in [1.82, 2.24) is 9.97 Å². The number of thioether (sulfide) groups is 1. The summed E-state index contributed by atoms with van der Waals surface area (Å²) in [6.07, 6.45) is 6.47. The number of halogens is 1. The van der Waals surface area contributed by atoms with Crippen LogP contribution in [0.3, 0.4) is 0 Å². The van der Waals surface area contributed by atoms with Crippen LogP contribution >= 0.6 is 27.7 Å². The van der Waals surface area contributed by atoms with Crippen LogP contribution in [0.5, 0.6) is 0 Å². The van der Waals surface area contributed by atoms with Gasteiger partial charge in [0, 0.05) is 12.3 Å². The number of rotatable bonds is 5. The molecular weight excluding hydrogens is 278 g/mol. The summed E-state index contributed by atoms with van der Waals surface area (Å²) >= 11 is 4.81. The first kappa shape index (κ1) is 12.1. The Balaban J connectivity index is 2.42. The number of hydrogen-bond acceptors (Lipinski definition) is 4. The second kappa shape index (κ2) is 6.53. The lowest BCUT2D eigenvalue weighted by Crippen LogP contribution is -2.13. The topological polar surface area (TPSA) is 57.8 Å². The second-order valence-corrected chi connectivity index (χ2v) is 4.48. The average Bonchev–Trinajstić information content (AvgIpc) is 2.24. The molecule has 0 fully saturated rings. The van der Waals surface area contributed by atoms with Gasteiger partial charge < -0.3 is 10.3 Å². The van der Waals surface area contributed by atoms with E-state index in [1.807, 2.05) is 0 Å². The number of aromatic amines is 1. The Morgan fingerprint density at radius 3 is 3.27 bits per heavy atom. The summed E-state index contributed by atoms with van der Waals surface area (Å²) in [7, 11) is 0. The lowest BCUT2D eigenvalue weighted by atomic mass is 10.5. The van der Waals surface area contributed by atoms with E-state index in [4.69, 9.17) is 6.42 Å². The molecule has 0 bridgehead atoms. The molecule has 0 amide bonds. The molecule has 0 unspecified atom stereocenters. The van der Waals surface area contributed by atoms with Gasteiger partial charge in [-0.3, -0.25) is 4.79 Å². The van der Waals surface area contributed by atoms with Crippen LogP contribution in [0.15, 0.2) is 15.6 Å². The van der Waals surface area contributed by atoms with Crippen LogP contribution in [0.4, 0.5) is 5.82 Å². The van der Waals surface area contributed by atoms with Crippen molar-refractivity contribution in [2.75, 3.05) is 23.4 Å². The van der Waals surface area contributed by atoms with E-state index >= 15 is 0 Å². The molecule has 6 heteroatoms. The largest absolute Gasteiger partial charge is 0.368 e. The Bertz CT molecular complexity index is 413. The highest BCUT2D eigenvalue weighted by atomic mass is 79.9. The van der Waals surface area contributed by atoms with Crippen LogP contribution in [0.1, 0.15) is 0 Å². The zero-order chi connectivity index (χ0) is 11.1. The molecule has 0 spiro atoms. The molecule has 1 heterocycles. The van der Waals surface area contributed by atoms with Gasteiger partial charge in [0.2, 0.25) is 0 Å². The predicted molar refractivity (Wildman–Crippen MR) is 67.2 cm³/mol. The third-order valence-electron chi connectivity index (χ3n) is 1.52. The summed E-state index contributed by atoms with van der Waals surface area (Å²) in [4.78, 5) is 17.6. The Kier molecular flexibility index (Phi) is 5.29. The number of anilines is 1. The molecule has 0 radical (unpaired) electrons. The van der Waals surface area contributed by atoms with Crippen molar-refractivity contribution in [2.24, 2.45) is 0 Å². The Morgan fingerprint density at radius 2 is 2.53 bits per heavy atom. The van der Waals surface area contributed by atoms with Crippen molar-refractivity contribution in [2.45, 2.75) is 0 Å². The van der Waals surface area contributed by atoms with Gasteiger partial charge in [-0.15, -0.1) is 18.2 Å². The minimum atomic E-state index is -0.191. The molecule has 1 aromatic rings. The molecule has 0 atom stereocenters. The van der Waals surface area contributed by atoms with E-state index in [-0.39, 0.29) is 5.56 Å². The molecule has 80 valence electrons. The van der Waals surface area contributed by atoms with Gasteiger partial charge in [0.05, 0.1) is 12.1 Å². The van der Waals surface area contributed by atoms with Crippen LogP contribution in [0.25, 0.3) is 0 Å². The van der Waals surface area contributed by atoms with Gasteiger partial charge in [0.15, 0.2) is 0 Å².